The number of hydrogen-bond donors (Lipinski definition) is 1. The van der Waals surface area contributed by atoms with Gasteiger partial charge in [0, 0.05) is 21.9 Å². The number of amidine groups is 2. The van der Waals surface area contributed by atoms with Crippen molar-refractivity contribution in [3.05, 3.63) is 205 Å². The van der Waals surface area contributed by atoms with Gasteiger partial charge in [-0.25, -0.2) is 9.98 Å². The summed E-state index contributed by atoms with van der Waals surface area (Å²) in [6.45, 7) is 0. The van der Waals surface area contributed by atoms with Crippen LogP contribution in [0.3, 0.4) is 0 Å². The fraction of sp³-hybridized carbons (Fsp3) is 0.0204. The molecule has 250 valence electrons. The number of fused-ring (bicyclic) bond motifs is 4. The molecule has 1 aliphatic rings. The Morgan fingerprint density at radius 1 is 0.434 bits per heavy atom. The van der Waals surface area contributed by atoms with E-state index in [0.717, 1.165) is 61.2 Å². The molecule has 0 spiro atoms. The van der Waals surface area contributed by atoms with E-state index in [4.69, 9.17) is 14.4 Å². The van der Waals surface area contributed by atoms with Gasteiger partial charge >= 0.3 is 0 Å². The number of benzene rings is 8. The van der Waals surface area contributed by atoms with Gasteiger partial charge in [-0.2, -0.15) is 0 Å². The van der Waals surface area contributed by atoms with E-state index in [1.807, 2.05) is 24.3 Å². The van der Waals surface area contributed by atoms with Crippen LogP contribution in [0.2, 0.25) is 0 Å². The molecule has 0 bridgehead atoms. The number of nitrogens with one attached hydrogen (secondary N) is 1. The van der Waals surface area contributed by atoms with Gasteiger partial charge in [0.1, 0.15) is 23.2 Å². The van der Waals surface area contributed by atoms with E-state index in [0.29, 0.717) is 5.84 Å². The molecule has 2 heterocycles. The topological polar surface area (TPSA) is 49.9 Å². The van der Waals surface area contributed by atoms with Crippen molar-refractivity contribution in [3.8, 4) is 33.4 Å². The maximum Gasteiger partial charge on any atom is 0.159 e. The van der Waals surface area contributed by atoms with Gasteiger partial charge in [0.2, 0.25) is 0 Å². The molecule has 1 atom stereocenters. The van der Waals surface area contributed by atoms with E-state index in [2.05, 4.69) is 169 Å². The van der Waals surface area contributed by atoms with Crippen molar-refractivity contribution in [2.45, 2.75) is 6.17 Å². The van der Waals surface area contributed by atoms with Crippen molar-refractivity contribution in [3.63, 3.8) is 0 Å². The summed E-state index contributed by atoms with van der Waals surface area (Å²) in [5.41, 5.74) is 11.5. The Bertz CT molecular complexity index is 2830. The van der Waals surface area contributed by atoms with E-state index >= 15 is 0 Å². The van der Waals surface area contributed by atoms with Crippen LogP contribution in [0.25, 0.3) is 66.1 Å². The third-order valence-electron chi connectivity index (χ3n) is 10.1. The maximum absolute atomic E-state index is 6.55. The minimum absolute atomic E-state index is 0.363. The average molecular weight is 680 g/mol. The highest BCUT2D eigenvalue weighted by molar-refractivity contribution is 6.22. The maximum atomic E-state index is 6.55. The standard InChI is InChI=1S/C49H33N3O/c1-3-11-32(12-4-1)35-19-21-37(22-20-35)41-30-43(46-42-17-9-10-18-44(42)53-45(46)31-41)49-51-47(38-26-23-36(24-27-38)33-13-5-2-6-14-33)50-48(52-49)40-28-25-34-15-7-8-16-39(34)29-40/h1-31,48H,(H,50,51,52). The Hall–Kier alpha value is -7.04. The van der Waals surface area contributed by atoms with E-state index in [9.17, 15) is 0 Å². The minimum Gasteiger partial charge on any atom is -0.456 e. The molecule has 4 heteroatoms. The second-order valence-corrected chi connectivity index (χ2v) is 13.4. The SMILES string of the molecule is c1ccc(-c2ccc(C3=NC(c4ccc5ccccc5c4)NC(c4cc(-c5ccc(-c6ccccc6)cc5)cc5oc6ccccc6c45)=N3)cc2)cc1. The van der Waals surface area contributed by atoms with Crippen molar-refractivity contribution in [1.82, 2.24) is 5.32 Å². The lowest BCUT2D eigenvalue weighted by Crippen LogP contribution is -2.33. The largest absolute Gasteiger partial charge is 0.456 e. The van der Waals surface area contributed by atoms with Crippen LogP contribution < -0.4 is 5.32 Å². The van der Waals surface area contributed by atoms with Gasteiger partial charge in [0.15, 0.2) is 5.84 Å². The van der Waals surface area contributed by atoms with Crippen LogP contribution in [-0.2, 0) is 0 Å². The summed E-state index contributed by atoms with van der Waals surface area (Å²) < 4.78 is 6.55. The molecule has 0 saturated heterocycles. The molecule has 1 N–H and O–H groups in total. The number of hydrogen-bond acceptors (Lipinski definition) is 4. The van der Waals surface area contributed by atoms with E-state index in [-0.39, 0.29) is 6.17 Å². The van der Waals surface area contributed by atoms with E-state index in [1.54, 1.807) is 0 Å². The van der Waals surface area contributed by atoms with Crippen LogP contribution in [-0.4, -0.2) is 11.7 Å². The average Bonchev–Trinajstić information content (AvgIpc) is 3.62. The van der Waals surface area contributed by atoms with Crippen LogP contribution in [0.15, 0.2) is 202 Å². The zero-order chi connectivity index (χ0) is 35.1. The second-order valence-electron chi connectivity index (χ2n) is 13.4. The van der Waals surface area contributed by atoms with Gasteiger partial charge in [-0.3, -0.25) is 0 Å². The normalized spacial score (nSPS) is 14.2. The Morgan fingerprint density at radius 3 is 1.70 bits per heavy atom. The van der Waals surface area contributed by atoms with Crippen molar-refractivity contribution >= 4 is 44.4 Å². The lowest BCUT2D eigenvalue weighted by Gasteiger charge is -2.24. The Balaban J connectivity index is 1.13. The number of rotatable bonds is 6. The van der Waals surface area contributed by atoms with Crippen molar-refractivity contribution in [1.29, 1.82) is 0 Å². The fourth-order valence-electron chi connectivity index (χ4n) is 7.40. The molecule has 8 aromatic carbocycles. The van der Waals surface area contributed by atoms with Gasteiger partial charge in [0.25, 0.3) is 0 Å². The molecule has 10 rings (SSSR count). The third-order valence-corrected chi connectivity index (χ3v) is 10.1. The molecule has 1 aromatic heterocycles. The molecular weight excluding hydrogens is 647 g/mol. The molecule has 0 saturated carbocycles. The van der Waals surface area contributed by atoms with Crippen LogP contribution in [0.4, 0.5) is 0 Å². The smallest absolute Gasteiger partial charge is 0.159 e. The summed E-state index contributed by atoms with van der Waals surface area (Å²) in [6, 6.07) is 65.8. The van der Waals surface area contributed by atoms with Gasteiger partial charge in [-0.1, -0.05) is 164 Å². The van der Waals surface area contributed by atoms with Crippen LogP contribution >= 0.6 is 0 Å². The monoisotopic (exact) mass is 679 g/mol. The molecular formula is C49H33N3O. The van der Waals surface area contributed by atoms with Crippen LogP contribution in [0, 0.1) is 0 Å². The predicted molar refractivity (Wildman–Crippen MR) is 219 cm³/mol. The zero-order valence-electron chi connectivity index (χ0n) is 28.8. The van der Waals surface area contributed by atoms with Gasteiger partial charge in [-0.15, -0.1) is 0 Å². The first kappa shape index (κ1) is 30.8. The van der Waals surface area contributed by atoms with Gasteiger partial charge < -0.3 is 9.73 Å². The highest BCUT2D eigenvalue weighted by Crippen LogP contribution is 2.37. The molecule has 0 aliphatic carbocycles. The first-order valence-corrected chi connectivity index (χ1v) is 17.9. The van der Waals surface area contributed by atoms with Crippen molar-refractivity contribution in [2.75, 3.05) is 0 Å². The molecule has 9 aromatic rings. The Morgan fingerprint density at radius 2 is 1.00 bits per heavy atom. The molecule has 0 amide bonds. The summed E-state index contributed by atoms with van der Waals surface area (Å²) in [4.78, 5) is 10.6. The minimum atomic E-state index is -0.363. The first-order valence-electron chi connectivity index (χ1n) is 17.9. The van der Waals surface area contributed by atoms with Crippen LogP contribution in [0.5, 0.6) is 0 Å². The summed E-state index contributed by atoms with van der Waals surface area (Å²) >= 11 is 0. The number of nitrogens with zero attached hydrogens (tertiary/aromatic N) is 2. The molecule has 0 radical (unpaired) electrons. The van der Waals surface area contributed by atoms with E-state index in [1.165, 1.54) is 27.5 Å². The summed E-state index contributed by atoms with van der Waals surface area (Å²) in [6.07, 6.45) is -0.363. The third kappa shape index (κ3) is 5.77. The molecule has 0 fully saturated rings. The summed E-state index contributed by atoms with van der Waals surface area (Å²) in [5, 5.41) is 8.20. The highest BCUT2D eigenvalue weighted by atomic mass is 16.3. The van der Waals surface area contributed by atoms with Gasteiger partial charge in [-0.05, 0) is 74.0 Å². The lowest BCUT2D eigenvalue weighted by atomic mass is 9.96. The Labute approximate surface area is 307 Å². The molecule has 1 unspecified atom stereocenters. The molecule has 53 heavy (non-hydrogen) atoms. The van der Waals surface area contributed by atoms with Crippen molar-refractivity contribution in [2.24, 2.45) is 9.98 Å². The summed E-state index contributed by atoms with van der Waals surface area (Å²) in [5.74, 6) is 1.43. The fourth-order valence-corrected chi connectivity index (χ4v) is 7.40. The van der Waals surface area contributed by atoms with Crippen LogP contribution in [0.1, 0.15) is 22.9 Å². The summed E-state index contributed by atoms with van der Waals surface area (Å²) in [7, 11) is 0. The lowest BCUT2D eigenvalue weighted by molar-refractivity contribution is 0.668. The van der Waals surface area contributed by atoms with E-state index < -0.39 is 0 Å². The first-order chi connectivity index (χ1) is 26.2. The highest BCUT2D eigenvalue weighted by Gasteiger charge is 2.25. The number of furan rings is 1. The molecule has 4 nitrogen and oxygen atoms in total. The molecule has 1 aliphatic heterocycles. The predicted octanol–water partition coefficient (Wildman–Crippen LogP) is 12.2. The number of aliphatic imine (C=N–C) groups is 2. The quantitative estimate of drug-likeness (QED) is 0.190. The van der Waals surface area contributed by atoms with Gasteiger partial charge in [0.05, 0.1) is 0 Å². The zero-order valence-corrected chi connectivity index (χ0v) is 28.8. The van der Waals surface area contributed by atoms with Crippen molar-refractivity contribution < 1.29 is 4.42 Å². The Kier molecular flexibility index (Phi) is 7.51. The second kappa shape index (κ2) is 12.9. The number of para-hydroxylation sites is 1.